The highest BCUT2D eigenvalue weighted by molar-refractivity contribution is 6.99. The Hall–Kier alpha value is -2.88. The number of hydrogen-bond donors (Lipinski definition) is 1. The second-order valence-corrected chi connectivity index (χ2v) is 17.5. The van der Waals surface area contributed by atoms with Crippen molar-refractivity contribution < 1.29 is 28.5 Å². The third kappa shape index (κ3) is 5.60. The molecule has 2 aliphatic heterocycles. The first-order valence-electron chi connectivity index (χ1n) is 15.1. The number of aliphatic hydroxyl groups excluding tert-OH is 1. The zero-order valence-corrected chi connectivity index (χ0v) is 26.7. The third-order valence-electron chi connectivity index (χ3n) is 8.72. The van der Waals surface area contributed by atoms with Crippen molar-refractivity contribution in [3.8, 4) is 0 Å². The Morgan fingerprint density at radius 3 is 1.98 bits per heavy atom. The lowest BCUT2D eigenvalue weighted by atomic mass is 9.96. The second-order valence-electron chi connectivity index (χ2n) is 13.2. The van der Waals surface area contributed by atoms with Gasteiger partial charge in [0, 0.05) is 0 Å². The lowest BCUT2D eigenvalue weighted by Crippen LogP contribution is -2.68. The van der Waals surface area contributed by atoms with E-state index >= 15 is 0 Å². The smallest absolute Gasteiger partial charge is 0.261 e. The van der Waals surface area contributed by atoms with Crippen LogP contribution in [0, 0.1) is 0 Å². The summed E-state index contributed by atoms with van der Waals surface area (Å²) in [5.41, 5.74) is -0.171. The quantitative estimate of drug-likeness (QED) is 0.255. The normalized spacial score (nSPS) is 25.2. The van der Waals surface area contributed by atoms with Gasteiger partial charge in [-0.15, -0.1) is 0 Å². The number of rotatable bonds is 9. The van der Waals surface area contributed by atoms with Crippen LogP contribution in [0.25, 0.3) is 10.8 Å². The molecular weight excluding hydrogens is 556 g/mol. The first-order chi connectivity index (χ1) is 20.6. The van der Waals surface area contributed by atoms with Gasteiger partial charge in [-0.2, -0.15) is 0 Å². The number of benzene rings is 4. The monoisotopic (exact) mass is 598 g/mol. The Morgan fingerprint density at radius 2 is 1.37 bits per heavy atom. The summed E-state index contributed by atoms with van der Waals surface area (Å²) in [4.78, 5) is 0. The van der Waals surface area contributed by atoms with Crippen LogP contribution in [-0.4, -0.2) is 56.5 Å². The van der Waals surface area contributed by atoms with Crippen molar-refractivity contribution in [2.75, 3.05) is 13.2 Å². The van der Waals surface area contributed by atoms with Gasteiger partial charge in [0.1, 0.15) is 17.8 Å². The maximum atomic E-state index is 11.1. The largest absolute Gasteiger partial charge is 0.404 e. The molecule has 7 heteroatoms. The molecule has 4 aromatic rings. The van der Waals surface area contributed by atoms with Crippen LogP contribution < -0.4 is 10.4 Å². The van der Waals surface area contributed by atoms with Crippen LogP contribution in [0.15, 0.2) is 103 Å². The maximum absolute atomic E-state index is 11.1. The van der Waals surface area contributed by atoms with Gasteiger partial charge in [-0.3, -0.25) is 0 Å². The number of ether oxygens (including phenoxy) is 4. The summed E-state index contributed by atoms with van der Waals surface area (Å²) < 4.78 is 33.0. The van der Waals surface area contributed by atoms with Gasteiger partial charge in [0.2, 0.25) is 0 Å². The predicted octanol–water partition coefficient (Wildman–Crippen LogP) is 5.54. The van der Waals surface area contributed by atoms with E-state index in [4.69, 9.17) is 23.4 Å². The van der Waals surface area contributed by atoms with E-state index in [0.29, 0.717) is 6.61 Å². The zero-order chi connectivity index (χ0) is 30.3. The Kier molecular flexibility index (Phi) is 8.11. The van der Waals surface area contributed by atoms with Gasteiger partial charge in [-0.05, 0) is 51.7 Å². The first kappa shape index (κ1) is 30.2. The van der Waals surface area contributed by atoms with Crippen LogP contribution in [0.4, 0.5) is 0 Å². The van der Waals surface area contributed by atoms with Gasteiger partial charge in [-0.25, -0.2) is 0 Å². The molecule has 0 spiro atoms. The van der Waals surface area contributed by atoms with E-state index in [-0.39, 0.29) is 18.3 Å². The van der Waals surface area contributed by atoms with Crippen LogP contribution in [0.2, 0.25) is 5.04 Å². The van der Waals surface area contributed by atoms with Gasteiger partial charge in [0.15, 0.2) is 12.1 Å². The van der Waals surface area contributed by atoms with E-state index in [1.54, 1.807) is 0 Å². The Bertz CT molecular complexity index is 1500. The predicted molar refractivity (Wildman–Crippen MR) is 171 cm³/mol. The van der Waals surface area contributed by atoms with E-state index in [1.807, 2.05) is 38.1 Å². The van der Waals surface area contributed by atoms with Crippen LogP contribution in [0.1, 0.15) is 40.2 Å². The molecule has 0 unspecified atom stereocenters. The molecule has 6 rings (SSSR count). The van der Waals surface area contributed by atoms with Crippen LogP contribution in [-0.2, 0) is 30.0 Å². The highest BCUT2D eigenvalue weighted by Crippen LogP contribution is 2.45. The summed E-state index contributed by atoms with van der Waals surface area (Å²) in [7, 11) is -2.92. The number of fused-ring (bicyclic) bond motifs is 2. The fourth-order valence-electron chi connectivity index (χ4n) is 6.69. The molecule has 2 aliphatic rings. The molecule has 0 amide bonds. The second kappa shape index (κ2) is 11.6. The molecule has 2 fully saturated rings. The summed E-state index contributed by atoms with van der Waals surface area (Å²) in [6.07, 6.45) is -1.84. The van der Waals surface area contributed by atoms with Gasteiger partial charge in [-0.1, -0.05) is 118 Å². The molecule has 4 aromatic carbocycles. The van der Waals surface area contributed by atoms with E-state index < -0.39 is 38.2 Å². The lowest BCUT2D eigenvalue weighted by Gasteiger charge is -2.45. The molecule has 0 bridgehead atoms. The topological polar surface area (TPSA) is 66.4 Å². The van der Waals surface area contributed by atoms with Crippen molar-refractivity contribution in [2.45, 2.75) is 76.1 Å². The Morgan fingerprint density at radius 1 is 0.767 bits per heavy atom. The molecule has 4 atom stereocenters. The lowest BCUT2D eigenvalue weighted by molar-refractivity contribution is -0.257. The van der Waals surface area contributed by atoms with Crippen LogP contribution in [0.5, 0.6) is 0 Å². The summed E-state index contributed by atoms with van der Waals surface area (Å²) in [6.45, 7) is 10.6. The van der Waals surface area contributed by atoms with Gasteiger partial charge in [0.05, 0.1) is 19.8 Å². The molecule has 226 valence electrons. The van der Waals surface area contributed by atoms with Gasteiger partial charge >= 0.3 is 0 Å². The molecule has 2 heterocycles. The molecular formula is C36H42O6Si. The molecule has 43 heavy (non-hydrogen) atoms. The van der Waals surface area contributed by atoms with Crippen molar-refractivity contribution >= 4 is 29.5 Å². The minimum Gasteiger partial charge on any atom is -0.404 e. The molecule has 1 N–H and O–H groups in total. The van der Waals surface area contributed by atoms with Crippen LogP contribution in [0.3, 0.4) is 0 Å². The van der Waals surface area contributed by atoms with Gasteiger partial charge < -0.3 is 28.5 Å². The molecule has 0 aliphatic carbocycles. The van der Waals surface area contributed by atoms with Crippen molar-refractivity contribution in [3.05, 3.63) is 109 Å². The Balaban J connectivity index is 1.36. The average Bonchev–Trinajstić information content (AvgIpc) is 3.44. The summed E-state index contributed by atoms with van der Waals surface area (Å²) in [6, 6.07) is 35.5. The summed E-state index contributed by atoms with van der Waals surface area (Å²) in [5, 5.41) is 15.5. The van der Waals surface area contributed by atoms with E-state index in [9.17, 15) is 5.11 Å². The fourth-order valence-corrected chi connectivity index (χ4v) is 11.3. The average molecular weight is 599 g/mol. The number of hydrogen-bond acceptors (Lipinski definition) is 6. The molecule has 0 aromatic heterocycles. The zero-order valence-electron chi connectivity index (χ0n) is 25.7. The van der Waals surface area contributed by atoms with E-state index in [0.717, 1.165) is 21.3 Å². The Labute approximate surface area is 255 Å². The number of aliphatic hydroxyl groups is 1. The fraction of sp³-hybridized carbons (Fsp3) is 0.389. The third-order valence-corrected chi connectivity index (χ3v) is 13.7. The van der Waals surface area contributed by atoms with Crippen molar-refractivity contribution in [1.82, 2.24) is 0 Å². The highest BCUT2D eigenvalue weighted by Gasteiger charge is 2.64. The van der Waals surface area contributed by atoms with Crippen molar-refractivity contribution in [2.24, 2.45) is 0 Å². The summed E-state index contributed by atoms with van der Waals surface area (Å²) >= 11 is 0. The molecule has 0 saturated carbocycles. The van der Waals surface area contributed by atoms with Crippen LogP contribution >= 0.6 is 0 Å². The highest BCUT2D eigenvalue weighted by atomic mass is 28.4. The molecule has 6 nitrogen and oxygen atoms in total. The first-order valence-corrected chi connectivity index (χ1v) is 17.0. The standard InChI is InChI=1S/C36H42O6Si/c1-34(2,3)43(29-16-8-6-9-17-29,30-18-10-7-11-19-30)39-25-36(24-37)32(31-33(42-36)41-35(4,5)40-31)38-23-26-20-21-27-14-12-13-15-28(27)22-26/h6-22,31-33,37H,23-25H2,1-5H3/t31-,32+,33-,36-/m1/s1. The van der Waals surface area contributed by atoms with E-state index in [2.05, 4.69) is 99.6 Å². The summed E-state index contributed by atoms with van der Waals surface area (Å²) in [5.74, 6) is -0.833. The van der Waals surface area contributed by atoms with E-state index in [1.165, 1.54) is 5.39 Å². The van der Waals surface area contributed by atoms with Gasteiger partial charge in [0.25, 0.3) is 8.32 Å². The minimum absolute atomic E-state index is 0.110. The molecule has 0 radical (unpaired) electrons. The minimum atomic E-state index is -2.92. The SMILES string of the molecule is CC1(C)O[C@@H]2O[C@](CO)(CO[Si](c3ccccc3)(c3ccccc3)C(C)(C)C)[C@@H](OCc3ccc4ccccc4c3)[C@H]2O1. The van der Waals surface area contributed by atoms with Crippen molar-refractivity contribution in [1.29, 1.82) is 0 Å². The molecule has 2 saturated heterocycles. The maximum Gasteiger partial charge on any atom is 0.261 e. The van der Waals surface area contributed by atoms with Crippen molar-refractivity contribution in [3.63, 3.8) is 0 Å².